The molecule has 3 aliphatic carbocycles. The zero-order valence-electron chi connectivity index (χ0n) is 31.3. The molecule has 10 heteroatoms. The molecule has 0 unspecified atom stereocenters. The van der Waals surface area contributed by atoms with Gasteiger partial charge in [0.2, 0.25) is 5.91 Å². The van der Waals surface area contributed by atoms with Crippen molar-refractivity contribution in [1.29, 1.82) is 0 Å². The van der Waals surface area contributed by atoms with Crippen molar-refractivity contribution in [3.63, 3.8) is 0 Å². The van der Waals surface area contributed by atoms with Crippen molar-refractivity contribution in [2.75, 3.05) is 27.2 Å². The Morgan fingerprint density at radius 2 is 1.82 bits per heavy atom. The Balaban J connectivity index is 1.37. The molecule has 1 saturated heterocycles. The molecule has 4 aliphatic rings. The second kappa shape index (κ2) is 16.3. The molecule has 2 aromatic rings. The van der Waals surface area contributed by atoms with Crippen molar-refractivity contribution < 1.29 is 25.0 Å². The van der Waals surface area contributed by atoms with E-state index in [1.165, 1.54) is 6.42 Å². The van der Waals surface area contributed by atoms with E-state index in [9.17, 15) is 20.1 Å². The summed E-state index contributed by atoms with van der Waals surface area (Å²) in [5.74, 6) is 1.64. The van der Waals surface area contributed by atoms with E-state index in [1.807, 2.05) is 24.3 Å². The highest BCUT2D eigenvalue weighted by Gasteiger charge is 2.57. The Morgan fingerprint density at radius 3 is 2.44 bits per heavy atom. The number of aromatic hydroxyl groups is 1. The van der Waals surface area contributed by atoms with E-state index in [2.05, 4.69) is 91.9 Å². The summed E-state index contributed by atoms with van der Waals surface area (Å²) in [6, 6.07) is 13.6. The molecule has 4 N–H and O–H groups in total. The number of carbonyl (C=O) groups is 1. The van der Waals surface area contributed by atoms with Gasteiger partial charge in [0.05, 0.1) is 19.3 Å². The van der Waals surface area contributed by atoms with Gasteiger partial charge in [-0.05, 0) is 98.7 Å². The van der Waals surface area contributed by atoms with Gasteiger partial charge in [-0.25, -0.2) is 0 Å². The number of fused-ring (bicyclic) bond motifs is 2. The fraction of sp³-hybridized carbons (Fsp3) is 0.675. The largest absolute Gasteiger partial charge is 0.508 e. The van der Waals surface area contributed by atoms with Gasteiger partial charge in [-0.2, -0.15) is 5.06 Å². The maximum atomic E-state index is 14.1. The number of carbonyl (C=O) groups excluding carboxylic acids is 1. The van der Waals surface area contributed by atoms with Gasteiger partial charge in [0.15, 0.2) is 0 Å². The molecule has 2 aromatic carbocycles. The van der Waals surface area contributed by atoms with Crippen LogP contribution in [0.5, 0.6) is 5.75 Å². The number of phenolic OH excluding ortho intramolecular Hbond substituents is 1. The van der Waals surface area contributed by atoms with Gasteiger partial charge in [0, 0.05) is 47.7 Å². The van der Waals surface area contributed by atoms with Gasteiger partial charge in [-0.3, -0.25) is 14.5 Å². The summed E-state index contributed by atoms with van der Waals surface area (Å²) in [4.78, 5) is 25.1. The van der Waals surface area contributed by atoms with Crippen LogP contribution in [-0.2, 0) is 29.3 Å². The number of aliphatic hydroxyl groups is 2. The molecule has 0 radical (unpaired) electrons. The average molecular weight is 758 g/mol. The second-order valence-corrected chi connectivity index (χ2v) is 17.7. The normalized spacial score (nSPS) is 29.0. The number of halogens is 1. The number of amides is 1. The Hall–Kier alpha value is -2.05. The van der Waals surface area contributed by atoms with Crippen LogP contribution in [0.2, 0.25) is 0 Å². The lowest BCUT2D eigenvalue weighted by atomic mass is 9.45. The van der Waals surface area contributed by atoms with Crippen LogP contribution in [0.4, 0.5) is 0 Å². The molecule has 278 valence electrons. The first-order chi connectivity index (χ1) is 23.6. The van der Waals surface area contributed by atoms with E-state index in [0.29, 0.717) is 48.7 Å². The van der Waals surface area contributed by atoms with E-state index in [4.69, 9.17) is 4.84 Å². The predicted octanol–water partition coefficient (Wildman–Crippen LogP) is 5.79. The average Bonchev–Trinajstić information content (AvgIpc) is 3.41. The summed E-state index contributed by atoms with van der Waals surface area (Å²) in [6.45, 7) is 15.3. The maximum absolute atomic E-state index is 14.1. The number of benzene rings is 2. The van der Waals surface area contributed by atoms with Gasteiger partial charge in [-0.15, -0.1) is 0 Å². The molecular weight excluding hydrogens is 696 g/mol. The number of hydroxylamine groups is 2. The Bertz CT molecular complexity index is 1440. The van der Waals surface area contributed by atoms with Gasteiger partial charge in [-0.1, -0.05) is 74.8 Å². The lowest BCUT2D eigenvalue weighted by Crippen LogP contribution is -2.62. The van der Waals surface area contributed by atoms with Crippen molar-refractivity contribution in [3.8, 4) is 5.75 Å². The van der Waals surface area contributed by atoms with E-state index in [-0.39, 0.29) is 30.3 Å². The summed E-state index contributed by atoms with van der Waals surface area (Å²) in [5, 5.41) is 37.0. The molecular formula is C40H61BrN4O5. The number of nitrogens with one attached hydrogen (secondary N) is 1. The molecule has 2 bridgehead atoms. The summed E-state index contributed by atoms with van der Waals surface area (Å²) >= 11 is 3.58. The van der Waals surface area contributed by atoms with Crippen molar-refractivity contribution in [3.05, 3.63) is 63.6 Å². The molecule has 0 aromatic heterocycles. The summed E-state index contributed by atoms with van der Waals surface area (Å²) < 4.78 is 0.930. The van der Waals surface area contributed by atoms with Crippen molar-refractivity contribution in [2.24, 2.45) is 35.0 Å². The number of hydrogen-bond acceptors (Lipinski definition) is 8. The van der Waals surface area contributed by atoms with E-state index in [0.717, 1.165) is 40.5 Å². The van der Waals surface area contributed by atoms with Crippen LogP contribution in [0.3, 0.4) is 0 Å². The number of rotatable bonds is 15. The first kappa shape index (κ1) is 39.2. The summed E-state index contributed by atoms with van der Waals surface area (Å²) in [5.41, 5.74) is 3.28. The van der Waals surface area contributed by atoms with Crippen LogP contribution in [0.1, 0.15) is 77.5 Å². The molecule has 1 aliphatic heterocycles. The molecule has 3 saturated carbocycles. The maximum Gasteiger partial charge on any atom is 0.240 e. The zero-order valence-corrected chi connectivity index (χ0v) is 32.9. The lowest BCUT2D eigenvalue weighted by molar-refractivity contribution is -0.183. The third kappa shape index (κ3) is 8.76. The number of aliphatic hydroxyl groups excluding tert-OH is 2. The molecule has 1 amide bonds. The molecule has 9 atom stereocenters. The highest BCUT2D eigenvalue weighted by atomic mass is 79.9. The first-order valence-corrected chi connectivity index (χ1v) is 19.3. The third-order valence-corrected chi connectivity index (χ3v) is 12.5. The minimum Gasteiger partial charge on any atom is -0.508 e. The van der Waals surface area contributed by atoms with Crippen molar-refractivity contribution >= 4 is 21.8 Å². The minimum atomic E-state index is -0.840. The summed E-state index contributed by atoms with van der Waals surface area (Å²) in [7, 11) is 4.20. The Labute approximate surface area is 308 Å². The standard InChI is InChI=1S/C40H61BrN4O5/c1-24(2)14-32(22-43(7)8)44(21-29-16-31(41)12-13-35(29)48)19-27-10-9-11-28(15-27)20-45-38(37(26(4)47)36(23-46)50-45)39(49)42-34-18-30-17-33(25(34)3)40(30,5)6/h9-13,15-16,24-26,30,32-34,36-38,46-48H,14,17-23H2,1-8H3,(H,42,49)/t25-,26-,30+,32-,33-,34-,36-,37+,38-/m0/s1. The predicted molar refractivity (Wildman–Crippen MR) is 201 cm³/mol. The number of phenols is 1. The van der Waals surface area contributed by atoms with Crippen LogP contribution in [0.25, 0.3) is 0 Å². The van der Waals surface area contributed by atoms with Crippen LogP contribution < -0.4 is 5.32 Å². The number of nitrogens with zero attached hydrogens (tertiary/aromatic N) is 3. The summed E-state index contributed by atoms with van der Waals surface area (Å²) in [6.07, 6.45) is 1.68. The van der Waals surface area contributed by atoms with E-state index < -0.39 is 24.2 Å². The topological polar surface area (TPSA) is 109 Å². The SMILES string of the molecule is CC(C)C[C@@H](CN(C)C)N(Cc1cccc(CN2O[C@@H](CO)[C@@H]([C@H](C)O)[C@H]2C(=O)N[C@H]2C[C@H]3C[C@@H]([C@@H]2C)C3(C)C)c1)Cc1cc(Br)ccc1O. The first-order valence-electron chi connectivity index (χ1n) is 18.6. The molecule has 6 rings (SSSR count). The van der Waals surface area contributed by atoms with Crippen LogP contribution in [0, 0.1) is 35.0 Å². The molecule has 50 heavy (non-hydrogen) atoms. The highest BCUT2D eigenvalue weighted by Crippen LogP contribution is 2.61. The monoisotopic (exact) mass is 756 g/mol. The van der Waals surface area contributed by atoms with Gasteiger partial charge < -0.3 is 25.5 Å². The number of likely N-dealkylation sites (N-methyl/N-ethyl adjacent to an activating group) is 1. The number of hydrogen-bond donors (Lipinski definition) is 4. The fourth-order valence-corrected chi connectivity index (χ4v) is 9.65. The molecule has 9 nitrogen and oxygen atoms in total. The minimum absolute atomic E-state index is 0.0869. The van der Waals surface area contributed by atoms with Crippen molar-refractivity contribution in [2.45, 2.75) is 111 Å². The van der Waals surface area contributed by atoms with Crippen LogP contribution in [0.15, 0.2) is 46.9 Å². The zero-order chi connectivity index (χ0) is 36.5. The third-order valence-electron chi connectivity index (χ3n) is 12.0. The Morgan fingerprint density at radius 1 is 1.10 bits per heavy atom. The van der Waals surface area contributed by atoms with E-state index >= 15 is 0 Å². The Kier molecular flexibility index (Phi) is 12.8. The molecule has 4 fully saturated rings. The van der Waals surface area contributed by atoms with Crippen LogP contribution >= 0.6 is 15.9 Å². The van der Waals surface area contributed by atoms with Gasteiger partial charge in [0.25, 0.3) is 0 Å². The second-order valence-electron chi connectivity index (χ2n) is 16.8. The molecule has 0 spiro atoms. The van der Waals surface area contributed by atoms with E-state index in [1.54, 1.807) is 18.1 Å². The highest BCUT2D eigenvalue weighted by molar-refractivity contribution is 9.10. The quantitative estimate of drug-likeness (QED) is 0.181. The van der Waals surface area contributed by atoms with Gasteiger partial charge >= 0.3 is 0 Å². The fourth-order valence-electron chi connectivity index (χ4n) is 9.24. The van der Waals surface area contributed by atoms with Crippen LogP contribution in [-0.4, -0.2) is 93.7 Å². The van der Waals surface area contributed by atoms with Gasteiger partial charge in [0.1, 0.15) is 17.9 Å². The van der Waals surface area contributed by atoms with Crippen molar-refractivity contribution in [1.82, 2.24) is 20.2 Å². The lowest BCUT2D eigenvalue weighted by Gasteiger charge is -2.62. The molecule has 1 heterocycles. The smallest absolute Gasteiger partial charge is 0.240 e.